The minimum Gasteiger partial charge on any atom is -0.322 e. The van der Waals surface area contributed by atoms with Gasteiger partial charge in [0, 0.05) is 0 Å². The van der Waals surface area contributed by atoms with Crippen molar-refractivity contribution in [2.45, 2.75) is 23.3 Å². The maximum atomic E-state index is 12.0. The summed E-state index contributed by atoms with van der Waals surface area (Å²) < 4.78 is 35.0. The van der Waals surface area contributed by atoms with Gasteiger partial charge in [-0.25, -0.2) is 0 Å². The van der Waals surface area contributed by atoms with E-state index in [0.29, 0.717) is 11.8 Å². The van der Waals surface area contributed by atoms with Crippen LogP contribution in [-0.2, 0) is 0 Å². The number of thioether (sulfide) groups is 1. The van der Waals surface area contributed by atoms with Crippen molar-refractivity contribution in [2.24, 2.45) is 5.73 Å². The summed E-state index contributed by atoms with van der Waals surface area (Å²) in [7, 11) is 0. The van der Waals surface area contributed by atoms with Crippen LogP contribution in [0.3, 0.4) is 0 Å². The summed E-state index contributed by atoms with van der Waals surface area (Å²) in [5, 5.41) is 0. The number of hydrogen-bond donors (Lipinski definition) is 1. The highest BCUT2D eigenvalue weighted by Crippen LogP contribution is 2.41. The smallest absolute Gasteiger partial charge is 0.322 e. The average molecular weight is 258 g/mol. The van der Waals surface area contributed by atoms with Gasteiger partial charge in [0.2, 0.25) is 0 Å². The molecule has 0 radical (unpaired) electrons. The molecule has 0 aromatic rings. The number of alkyl halides is 4. The molecule has 2 N–H and O–H groups in total. The maximum Gasteiger partial charge on any atom is 0.397 e. The lowest BCUT2D eigenvalue weighted by Gasteiger charge is -2.31. The molecule has 1 aliphatic carbocycles. The third-order valence-corrected chi connectivity index (χ3v) is 3.90. The van der Waals surface area contributed by atoms with Crippen molar-refractivity contribution >= 4 is 23.4 Å². The third-order valence-electron chi connectivity index (χ3n) is 1.90. The van der Waals surface area contributed by atoms with Gasteiger partial charge in [-0.3, -0.25) is 0 Å². The molecule has 0 saturated carbocycles. The van der Waals surface area contributed by atoms with Gasteiger partial charge in [0.15, 0.2) is 0 Å². The van der Waals surface area contributed by atoms with E-state index >= 15 is 0 Å². The van der Waals surface area contributed by atoms with Crippen molar-refractivity contribution in [3.05, 3.63) is 23.8 Å². The van der Waals surface area contributed by atoms with E-state index in [1.54, 1.807) is 25.2 Å². The average Bonchev–Trinajstić information content (AvgIpc) is 2.08. The van der Waals surface area contributed by atoms with Gasteiger partial charge < -0.3 is 5.73 Å². The van der Waals surface area contributed by atoms with Gasteiger partial charge >= 0.3 is 6.18 Å². The second-order valence-corrected chi connectivity index (χ2v) is 5.48. The van der Waals surface area contributed by atoms with Crippen LogP contribution in [0, 0.1) is 0 Å². The number of halogens is 4. The van der Waals surface area contributed by atoms with Crippen molar-refractivity contribution in [3.8, 4) is 0 Å². The molecule has 0 bridgehead atoms. The van der Waals surface area contributed by atoms with Gasteiger partial charge in [0.1, 0.15) is 4.21 Å². The van der Waals surface area contributed by atoms with Gasteiger partial charge in [0.25, 0.3) is 0 Å². The zero-order valence-electron chi connectivity index (χ0n) is 8.01. The normalized spacial score (nSPS) is 31.6. The number of hydrogen-bond acceptors (Lipinski definition) is 2. The predicted octanol–water partition coefficient (Wildman–Crippen LogP) is 3.06. The minimum absolute atomic E-state index is 0.602. The Balaban J connectivity index is 2.70. The highest BCUT2D eigenvalue weighted by Gasteiger charge is 2.38. The lowest BCUT2D eigenvalue weighted by atomic mass is 10.0. The summed E-state index contributed by atoms with van der Waals surface area (Å²) in [6.07, 6.45) is 0.704. The van der Waals surface area contributed by atoms with E-state index in [0.717, 1.165) is 5.57 Å². The highest BCUT2D eigenvalue weighted by molar-refractivity contribution is 8.02. The Morgan fingerprint density at radius 3 is 2.73 bits per heavy atom. The minimum atomic E-state index is -4.23. The van der Waals surface area contributed by atoms with Crippen LogP contribution in [0.2, 0.25) is 0 Å². The third kappa shape index (κ3) is 3.74. The summed E-state index contributed by atoms with van der Waals surface area (Å²) in [4.78, 5) is 0. The SMILES string of the molecule is CC1=CC(Cl)(SCC(F)(F)F)C(N)C=C1. The molecule has 0 aromatic carbocycles. The second-order valence-electron chi connectivity index (χ2n) is 3.37. The first-order valence-corrected chi connectivity index (χ1v) is 5.62. The number of nitrogens with two attached hydrogens (primary N) is 1. The van der Waals surface area contributed by atoms with Crippen LogP contribution in [0.5, 0.6) is 0 Å². The van der Waals surface area contributed by atoms with E-state index in [-0.39, 0.29) is 0 Å². The van der Waals surface area contributed by atoms with Crippen molar-refractivity contribution in [1.82, 2.24) is 0 Å². The fourth-order valence-electron chi connectivity index (χ4n) is 1.17. The van der Waals surface area contributed by atoms with Gasteiger partial charge in [0.05, 0.1) is 11.8 Å². The van der Waals surface area contributed by atoms with E-state index in [4.69, 9.17) is 17.3 Å². The zero-order valence-corrected chi connectivity index (χ0v) is 9.59. The molecule has 1 aliphatic rings. The second kappa shape index (κ2) is 4.39. The van der Waals surface area contributed by atoms with Crippen LogP contribution < -0.4 is 5.73 Å². The Morgan fingerprint density at radius 2 is 2.20 bits per heavy atom. The molecule has 0 aliphatic heterocycles. The van der Waals surface area contributed by atoms with Gasteiger partial charge in [-0.15, -0.1) is 23.4 Å². The van der Waals surface area contributed by atoms with Gasteiger partial charge in [-0.2, -0.15) is 13.2 Å². The Hall–Kier alpha value is -0.130. The first kappa shape index (κ1) is 12.9. The number of allylic oxidation sites excluding steroid dienone is 2. The van der Waals surface area contributed by atoms with Crippen molar-refractivity contribution in [2.75, 3.05) is 5.75 Å². The van der Waals surface area contributed by atoms with E-state index in [1.807, 2.05) is 0 Å². The highest BCUT2D eigenvalue weighted by atomic mass is 35.5. The molecule has 0 saturated heterocycles. The lowest BCUT2D eigenvalue weighted by molar-refractivity contribution is -0.105. The Bertz CT molecular complexity index is 300. The molecule has 0 aromatic heterocycles. The van der Waals surface area contributed by atoms with E-state index in [1.165, 1.54) is 0 Å². The fraction of sp³-hybridized carbons (Fsp3) is 0.556. The van der Waals surface area contributed by atoms with Crippen molar-refractivity contribution < 1.29 is 13.2 Å². The van der Waals surface area contributed by atoms with Crippen LogP contribution in [0.4, 0.5) is 13.2 Å². The van der Waals surface area contributed by atoms with E-state index in [9.17, 15) is 13.2 Å². The van der Waals surface area contributed by atoms with Crippen molar-refractivity contribution in [1.29, 1.82) is 0 Å². The fourth-order valence-corrected chi connectivity index (χ4v) is 2.51. The quantitative estimate of drug-likeness (QED) is 0.770. The first-order chi connectivity index (χ1) is 6.73. The first-order valence-electron chi connectivity index (χ1n) is 4.26. The number of rotatable bonds is 2. The molecule has 2 unspecified atom stereocenters. The molecule has 1 rings (SSSR count). The maximum absolute atomic E-state index is 12.0. The molecule has 2 atom stereocenters. The Morgan fingerprint density at radius 1 is 1.60 bits per heavy atom. The molecule has 0 fully saturated rings. The summed E-state index contributed by atoms with van der Waals surface area (Å²) in [6.45, 7) is 1.77. The molecular weight excluding hydrogens is 247 g/mol. The molecular formula is C9H11ClF3NS. The molecule has 0 spiro atoms. The molecule has 0 amide bonds. The lowest BCUT2D eigenvalue weighted by Crippen LogP contribution is -2.40. The summed E-state index contributed by atoms with van der Waals surface area (Å²) >= 11 is 6.64. The topological polar surface area (TPSA) is 26.0 Å². The Kier molecular flexibility index (Phi) is 3.79. The monoisotopic (exact) mass is 257 g/mol. The van der Waals surface area contributed by atoms with Crippen LogP contribution >= 0.6 is 23.4 Å². The molecule has 0 heterocycles. The Labute approximate surface area is 95.5 Å². The zero-order chi connectivity index (χ0) is 11.7. The van der Waals surface area contributed by atoms with Crippen LogP contribution in [-0.4, -0.2) is 22.2 Å². The van der Waals surface area contributed by atoms with Crippen molar-refractivity contribution in [3.63, 3.8) is 0 Å². The summed E-state index contributed by atoms with van der Waals surface area (Å²) in [6, 6.07) is -0.602. The van der Waals surface area contributed by atoms with Gasteiger partial charge in [-0.05, 0) is 13.0 Å². The van der Waals surface area contributed by atoms with Crippen LogP contribution in [0.15, 0.2) is 23.8 Å². The standard InChI is InChI=1S/C9H11ClF3NS/c1-6-2-3-7(14)8(10,4-6)15-5-9(11,12)13/h2-4,7H,5,14H2,1H3. The molecule has 15 heavy (non-hydrogen) atoms. The summed E-state index contributed by atoms with van der Waals surface area (Å²) in [5.41, 5.74) is 6.47. The predicted molar refractivity (Wildman–Crippen MR) is 58.0 cm³/mol. The molecule has 86 valence electrons. The molecule has 6 heteroatoms. The molecule has 1 nitrogen and oxygen atoms in total. The van der Waals surface area contributed by atoms with E-state index < -0.39 is 22.2 Å². The van der Waals surface area contributed by atoms with E-state index in [2.05, 4.69) is 0 Å². The summed E-state index contributed by atoms with van der Waals surface area (Å²) in [5.74, 6) is -0.998. The van der Waals surface area contributed by atoms with Crippen LogP contribution in [0.25, 0.3) is 0 Å². The van der Waals surface area contributed by atoms with Gasteiger partial charge in [-0.1, -0.05) is 17.7 Å². The van der Waals surface area contributed by atoms with Crippen LogP contribution in [0.1, 0.15) is 6.92 Å². The largest absolute Gasteiger partial charge is 0.397 e.